The van der Waals surface area contributed by atoms with E-state index in [1.807, 2.05) is 5.51 Å². The summed E-state index contributed by atoms with van der Waals surface area (Å²) in [6.07, 6.45) is 0. The van der Waals surface area contributed by atoms with Crippen molar-refractivity contribution in [3.8, 4) is 0 Å². The minimum atomic E-state index is 0.584. The Labute approximate surface area is 53.4 Å². The lowest BCUT2D eigenvalue weighted by atomic mass is 10.2. The Morgan fingerprint density at radius 2 is 2.38 bits per heavy atom. The third kappa shape index (κ3) is 1.07. The van der Waals surface area contributed by atoms with Crippen molar-refractivity contribution in [1.29, 1.82) is 0 Å². The third-order valence-corrected chi connectivity index (χ3v) is 1.65. The Bertz CT molecular complexity index is 144. The summed E-state index contributed by atoms with van der Waals surface area (Å²) in [4.78, 5) is 4.13. The first-order valence-corrected chi connectivity index (χ1v) is 3.63. The van der Waals surface area contributed by atoms with Gasteiger partial charge >= 0.3 is 0 Å². The normalized spacial score (nSPS) is 10.4. The molecule has 0 spiro atoms. The molecule has 0 saturated carbocycles. The molecule has 0 aromatic carbocycles. The number of hydrogen-bond acceptors (Lipinski definition) is 2. The van der Waals surface area contributed by atoms with Gasteiger partial charge < -0.3 is 0 Å². The molecule has 0 N–H and O–H groups in total. The Balaban J connectivity index is 2.77. The maximum Gasteiger partial charge on any atom is 0.0794 e. The minimum Gasteiger partial charge on any atom is -0.249 e. The highest BCUT2D eigenvalue weighted by Gasteiger charge is 1.97. The van der Waals surface area contributed by atoms with Crippen LogP contribution in [0.3, 0.4) is 0 Å². The van der Waals surface area contributed by atoms with E-state index in [0.717, 1.165) is 0 Å². The molecule has 0 aliphatic rings. The zero-order valence-corrected chi connectivity index (χ0v) is 5.90. The molecule has 0 bridgehead atoms. The fraction of sp³-hybridized carbons (Fsp3) is 0.500. The van der Waals surface area contributed by atoms with Crippen molar-refractivity contribution in [1.82, 2.24) is 4.98 Å². The van der Waals surface area contributed by atoms with Crippen LogP contribution in [0.4, 0.5) is 0 Å². The van der Waals surface area contributed by atoms with Gasteiger partial charge in [0, 0.05) is 5.38 Å². The van der Waals surface area contributed by atoms with Gasteiger partial charge in [0.25, 0.3) is 0 Å². The number of rotatable bonds is 1. The van der Waals surface area contributed by atoms with Gasteiger partial charge in [0.2, 0.25) is 0 Å². The van der Waals surface area contributed by atoms with Crippen LogP contribution in [0.5, 0.6) is 0 Å². The van der Waals surface area contributed by atoms with E-state index in [-0.39, 0.29) is 0 Å². The van der Waals surface area contributed by atoms with Crippen molar-refractivity contribution < 1.29 is 0 Å². The molecule has 0 saturated heterocycles. The quantitative estimate of drug-likeness (QED) is 0.564. The van der Waals surface area contributed by atoms with E-state index in [1.54, 1.807) is 11.3 Å². The van der Waals surface area contributed by atoms with Crippen LogP contribution in [-0.4, -0.2) is 4.98 Å². The van der Waals surface area contributed by atoms with E-state index < -0.39 is 0 Å². The maximum atomic E-state index is 4.13. The van der Waals surface area contributed by atoms with Gasteiger partial charge in [-0.15, -0.1) is 11.3 Å². The summed E-state index contributed by atoms with van der Waals surface area (Å²) in [5.74, 6) is 0.584. The first-order chi connectivity index (χ1) is 3.80. The largest absolute Gasteiger partial charge is 0.249 e. The van der Waals surface area contributed by atoms with Crippen molar-refractivity contribution in [2.45, 2.75) is 19.8 Å². The Morgan fingerprint density at radius 3 is 2.62 bits per heavy atom. The predicted octanol–water partition coefficient (Wildman–Crippen LogP) is 2.27. The van der Waals surface area contributed by atoms with Crippen LogP contribution in [0.25, 0.3) is 0 Å². The summed E-state index contributed by atoms with van der Waals surface area (Å²) < 4.78 is 0. The fourth-order valence-electron chi connectivity index (χ4n) is 0.507. The summed E-state index contributed by atoms with van der Waals surface area (Å²) >= 11 is 1.66. The monoisotopic (exact) mass is 127 g/mol. The van der Waals surface area contributed by atoms with Gasteiger partial charge in [-0.05, 0) is 5.92 Å². The van der Waals surface area contributed by atoms with Crippen molar-refractivity contribution in [3.63, 3.8) is 0 Å². The van der Waals surface area contributed by atoms with Crippen molar-refractivity contribution in [3.05, 3.63) is 16.6 Å². The second-order valence-corrected chi connectivity index (χ2v) is 2.79. The summed E-state index contributed by atoms with van der Waals surface area (Å²) in [5.41, 5.74) is 3.07. The molecule has 1 rings (SSSR count). The van der Waals surface area contributed by atoms with Gasteiger partial charge in [-0.25, -0.2) is 4.98 Å². The number of aromatic nitrogens is 1. The molecule has 0 unspecified atom stereocenters. The standard InChI is InChI=1S/C6H9NS/c1-5(2)6-3-8-4-7-6/h3-5H,1-2H3. The highest BCUT2D eigenvalue weighted by molar-refractivity contribution is 7.07. The molecular weight excluding hydrogens is 118 g/mol. The van der Waals surface area contributed by atoms with Crippen LogP contribution in [0.1, 0.15) is 25.5 Å². The van der Waals surface area contributed by atoms with Crippen LogP contribution in [-0.2, 0) is 0 Å². The second kappa shape index (κ2) is 2.27. The average Bonchev–Trinajstić information content (AvgIpc) is 2.12. The van der Waals surface area contributed by atoms with Gasteiger partial charge in [-0.3, -0.25) is 0 Å². The van der Waals surface area contributed by atoms with E-state index in [9.17, 15) is 0 Å². The van der Waals surface area contributed by atoms with Gasteiger partial charge in [-0.2, -0.15) is 0 Å². The predicted molar refractivity (Wildman–Crippen MR) is 36.2 cm³/mol. The molecule has 1 heterocycles. The molecule has 2 heteroatoms. The highest BCUT2D eigenvalue weighted by Crippen LogP contribution is 2.12. The molecule has 0 aliphatic carbocycles. The number of hydrogen-bond donors (Lipinski definition) is 0. The van der Waals surface area contributed by atoms with Crippen molar-refractivity contribution in [2.24, 2.45) is 0 Å². The topological polar surface area (TPSA) is 12.9 Å². The molecule has 0 amide bonds. The van der Waals surface area contributed by atoms with Gasteiger partial charge in [0.15, 0.2) is 0 Å². The van der Waals surface area contributed by atoms with Gasteiger partial charge in [-0.1, -0.05) is 13.8 Å². The molecular formula is C6H9NS. The van der Waals surface area contributed by atoms with Crippen molar-refractivity contribution >= 4 is 11.3 Å². The van der Waals surface area contributed by atoms with Crippen molar-refractivity contribution in [2.75, 3.05) is 0 Å². The molecule has 8 heavy (non-hydrogen) atoms. The first kappa shape index (κ1) is 5.76. The highest BCUT2D eigenvalue weighted by atomic mass is 32.1. The SMILES string of the molecule is CC(C)c1cscn1. The van der Waals surface area contributed by atoms with Gasteiger partial charge in [0.05, 0.1) is 11.2 Å². The smallest absolute Gasteiger partial charge is 0.0794 e. The zero-order valence-electron chi connectivity index (χ0n) is 5.09. The van der Waals surface area contributed by atoms with E-state index in [4.69, 9.17) is 0 Å². The molecule has 1 nitrogen and oxygen atoms in total. The average molecular weight is 127 g/mol. The first-order valence-electron chi connectivity index (χ1n) is 2.69. The lowest BCUT2D eigenvalue weighted by Gasteiger charge is -1.94. The zero-order chi connectivity index (χ0) is 5.98. The lowest BCUT2D eigenvalue weighted by Crippen LogP contribution is -1.83. The summed E-state index contributed by atoms with van der Waals surface area (Å²) in [6.45, 7) is 4.30. The summed E-state index contributed by atoms with van der Waals surface area (Å²) in [6, 6.07) is 0. The van der Waals surface area contributed by atoms with E-state index in [1.165, 1.54) is 5.69 Å². The molecule has 1 aromatic heterocycles. The maximum absolute atomic E-state index is 4.13. The number of nitrogens with zero attached hydrogens (tertiary/aromatic N) is 1. The lowest BCUT2D eigenvalue weighted by molar-refractivity contribution is 0.833. The van der Waals surface area contributed by atoms with E-state index in [2.05, 4.69) is 24.2 Å². The molecule has 0 radical (unpaired) electrons. The summed E-state index contributed by atoms with van der Waals surface area (Å²) in [5, 5.41) is 2.09. The third-order valence-electron chi connectivity index (χ3n) is 1.04. The van der Waals surface area contributed by atoms with Crippen LogP contribution in [0, 0.1) is 0 Å². The number of thiazole rings is 1. The molecule has 0 fully saturated rings. The Morgan fingerprint density at radius 1 is 1.62 bits per heavy atom. The van der Waals surface area contributed by atoms with Crippen LogP contribution in [0.15, 0.2) is 10.9 Å². The summed E-state index contributed by atoms with van der Waals surface area (Å²) in [7, 11) is 0. The van der Waals surface area contributed by atoms with Crippen LogP contribution >= 0.6 is 11.3 Å². The Kier molecular flexibility index (Phi) is 1.63. The molecule has 44 valence electrons. The molecule has 1 aromatic rings. The molecule has 0 aliphatic heterocycles. The second-order valence-electron chi connectivity index (χ2n) is 2.07. The van der Waals surface area contributed by atoms with Crippen LogP contribution in [0.2, 0.25) is 0 Å². The van der Waals surface area contributed by atoms with E-state index >= 15 is 0 Å². The Hall–Kier alpha value is -0.370. The van der Waals surface area contributed by atoms with Gasteiger partial charge in [0.1, 0.15) is 0 Å². The van der Waals surface area contributed by atoms with Crippen LogP contribution < -0.4 is 0 Å². The molecule has 0 atom stereocenters. The fourth-order valence-corrected chi connectivity index (χ4v) is 1.22. The minimum absolute atomic E-state index is 0.584. The van der Waals surface area contributed by atoms with E-state index in [0.29, 0.717) is 5.92 Å².